The summed E-state index contributed by atoms with van der Waals surface area (Å²) in [5.41, 5.74) is 0. The van der Waals surface area contributed by atoms with Crippen molar-refractivity contribution in [1.29, 1.82) is 0 Å². The van der Waals surface area contributed by atoms with E-state index in [1.807, 2.05) is 0 Å². The molecule has 1 unspecified atom stereocenters. The zero-order chi connectivity index (χ0) is 15.6. The van der Waals surface area contributed by atoms with Gasteiger partial charge in [-0.15, -0.1) is 12.4 Å². The van der Waals surface area contributed by atoms with Gasteiger partial charge in [0, 0.05) is 25.7 Å². The molecule has 0 bridgehead atoms. The molecule has 0 amide bonds. The van der Waals surface area contributed by atoms with Crippen molar-refractivity contribution in [2.75, 3.05) is 45.5 Å². The molecule has 0 aromatic rings. The van der Waals surface area contributed by atoms with E-state index in [4.69, 9.17) is 0 Å². The van der Waals surface area contributed by atoms with Crippen LogP contribution in [0.1, 0.15) is 38.5 Å². The number of hydrogen-bond acceptors (Lipinski definition) is 4. The van der Waals surface area contributed by atoms with Crippen molar-refractivity contribution in [2.24, 2.45) is 11.8 Å². The van der Waals surface area contributed by atoms with E-state index in [9.17, 15) is 8.42 Å². The van der Waals surface area contributed by atoms with Crippen LogP contribution in [0.2, 0.25) is 0 Å². The Labute approximate surface area is 147 Å². The van der Waals surface area contributed by atoms with E-state index in [1.165, 1.54) is 44.9 Å². The molecule has 0 spiro atoms. The van der Waals surface area contributed by atoms with Crippen LogP contribution < -0.4 is 5.32 Å². The Bertz CT molecular complexity index is 462. The molecule has 1 N–H and O–H groups in total. The van der Waals surface area contributed by atoms with Gasteiger partial charge in [-0.05, 0) is 70.0 Å². The minimum absolute atomic E-state index is 0. The summed E-state index contributed by atoms with van der Waals surface area (Å²) in [5.74, 6) is 1.47. The van der Waals surface area contributed by atoms with Crippen molar-refractivity contribution >= 4 is 22.4 Å². The summed E-state index contributed by atoms with van der Waals surface area (Å²) in [7, 11) is -3.01. The lowest BCUT2D eigenvalue weighted by Crippen LogP contribution is -2.47. The molecule has 1 atom stereocenters. The second-order valence-corrected chi connectivity index (χ2v) is 9.54. The van der Waals surface area contributed by atoms with Crippen molar-refractivity contribution in [3.8, 4) is 0 Å². The Kier molecular flexibility index (Phi) is 7.17. The first-order valence-electron chi connectivity index (χ1n) is 8.91. The fourth-order valence-electron chi connectivity index (χ4n) is 3.82. The average Bonchev–Trinajstić information content (AvgIpc) is 3.30. The van der Waals surface area contributed by atoms with Gasteiger partial charge in [0.05, 0.1) is 6.26 Å². The summed E-state index contributed by atoms with van der Waals surface area (Å²) in [6.07, 6.45) is 8.86. The first-order chi connectivity index (χ1) is 10.5. The van der Waals surface area contributed by atoms with Gasteiger partial charge in [-0.1, -0.05) is 0 Å². The number of nitrogens with zero attached hydrogens (tertiary/aromatic N) is 2. The van der Waals surface area contributed by atoms with Crippen LogP contribution in [0.4, 0.5) is 0 Å². The molecule has 2 heterocycles. The van der Waals surface area contributed by atoms with Crippen LogP contribution in [0, 0.1) is 11.8 Å². The molecule has 1 aliphatic carbocycles. The highest BCUT2D eigenvalue weighted by Gasteiger charge is 2.29. The molecule has 3 aliphatic rings. The number of nitrogens with one attached hydrogen (secondary N) is 1. The maximum atomic E-state index is 11.7. The number of halogens is 1. The second kappa shape index (κ2) is 8.48. The Morgan fingerprint density at radius 3 is 2.30 bits per heavy atom. The van der Waals surface area contributed by atoms with Crippen LogP contribution in [-0.4, -0.2) is 69.2 Å². The highest BCUT2D eigenvalue weighted by molar-refractivity contribution is 7.88. The van der Waals surface area contributed by atoms with Crippen molar-refractivity contribution in [3.05, 3.63) is 0 Å². The van der Waals surface area contributed by atoms with E-state index in [0.717, 1.165) is 38.5 Å². The Morgan fingerprint density at radius 2 is 1.70 bits per heavy atom. The Balaban J connectivity index is 0.00000192. The van der Waals surface area contributed by atoms with Crippen molar-refractivity contribution in [3.63, 3.8) is 0 Å². The molecule has 136 valence electrons. The Hall–Kier alpha value is 0.120. The van der Waals surface area contributed by atoms with Gasteiger partial charge in [-0.2, -0.15) is 0 Å². The monoisotopic (exact) mass is 365 g/mol. The van der Waals surface area contributed by atoms with Gasteiger partial charge in [0.15, 0.2) is 0 Å². The molecule has 2 aliphatic heterocycles. The van der Waals surface area contributed by atoms with Crippen LogP contribution in [-0.2, 0) is 10.0 Å². The zero-order valence-corrected chi connectivity index (χ0v) is 15.9. The normalized spacial score (nSPS) is 28.5. The van der Waals surface area contributed by atoms with Gasteiger partial charge in [0.1, 0.15) is 0 Å². The van der Waals surface area contributed by atoms with Crippen molar-refractivity contribution in [2.45, 2.75) is 44.6 Å². The third-order valence-electron chi connectivity index (χ3n) is 5.45. The standard InChI is InChI=1S/C16H31N3O2S.ClH/c1-22(20,21)19-8-2-3-15(13-19)12-18-9-6-16(7-10-18)17-11-14-4-5-14;/h14-17H,2-13H2,1H3;1H. The van der Waals surface area contributed by atoms with Gasteiger partial charge in [-0.3, -0.25) is 0 Å². The van der Waals surface area contributed by atoms with E-state index in [-0.39, 0.29) is 12.4 Å². The summed E-state index contributed by atoms with van der Waals surface area (Å²) in [5, 5.41) is 3.72. The van der Waals surface area contributed by atoms with E-state index < -0.39 is 10.0 Å². The van der Waals surface area contributed by atoms with Crippen LogP contribution in [0.5, 0.6) is 0 Å². The molecule has 0 aromatic carbocycles. The lowest BCUT2D eigenvalue weighted by atomic mass is 9.97. The van der Waals surface area contributed by atoms with Gasteiger partial charge in [0.25, 0.3) is 0 Å². The quantitative estimate of drug-likeness (QED) is 0.775. The van der Waals surface area contributed by atoms with E-state index in [0.29, 0.717) is 18.5 Å². The number of rotatable bonds is 6. The highest BCUT2D eigenvalue weighted by Crippen LogP contribution is 2.28. The van der Waals surface area contributed by atoms with Gasteiger partial charge in [0.2, 0.25) is 10.0 Å². The maximum Gasteiger partial charge on any atom is 0.211 e. The molecule has 0 radical (unpaired) electrons. The van der Waals surface area contributed by atoms with Crippen molar-refractivity contribution < 1.29 is 8.42 Å². The van der Waals surface area contributed by atoms with E-state index in [2.05, 4.69) is 10.2 Å². The molecule has 0 aromatic heterocycles. The van der Waals surface area contributed by atoms with Crippen LogP contribution in [0.3, 0.4) is 0 Å². The summed E-state index contributed by atoms with van der Waals surface area (Å²) < 4.78 is 25.1. The molecule has 2 saturated heterocycles. The molecule has 23 heavy (non-hydrogen) atoms. The smallest absolute Gasteiger partial charge is 0.211 e. The third kappa shape index (κ3) is 6.16. The molecule has 3 rings (SSSR count). The second-order valence-electron chi connectivity index (χ2n) is 7.56. The van der Waals surface area contributed by atoms with Crippen LogP contribution in [0.15, 0.2) is 0 Å². The summed E-state index contributed by atoms with van der Waals surface area (Å²) in [6, 6.07) is 0.704. The van der Waals surface area contributed by atoms with Gasteiger partial charge >= 0.3 is 0 Å². The van der Waals surface area contributed by atoms with Crippen molar-refractivity contribution in [1.82, 2.24) is 14.5 Å². The SMILES string of the molecule is CS(=O)(=O)N1CCCC(CN2CCC(NCC3CC3)CC2)C1.Cl. The number of likely N-dealkylation sites (tertiary alicyclic amines) is 1. The largest absolute Gasteiger partial charge is 0.314 e. The lowest BCUT2D eigenvalue weighted by Gasteiger charge is -2.37. The fourth-order valence-corrected chi connectivity index (χ4v) is 4.76. The summed E-state index contributed by atoms with van der Waals surface area (Å²) in [6.45, 7) is 6.05. The Morgan fingerprint density at radius 1 is 1.00 bits per heavy atom. The minimum atomic E-state index is -3.01. The molecular weight excluding hydrogens is 334 g/mol. The molecular formula is C16H32ClN3O2S. The first-order valence-corrected chi connectivity index (χ1v) is 10.8. The summed E-state index contributed by atoms with van der Waals surface area (Å²) >= 11 is 0. The number of piperidine rings is 2. The van der Waals surface area contributed by atoms with Crippen LogP contribution >= 0.6 is 12.4 Å². The lowest BCUT2D eigenvalue weighted by molar-refractivity contribution is 0.143. The highest BCUT2D eigenvalue weighted by atomic mass is 35.5. The topological polar surface area (TPSA) is 52.7 Å². The predicted molar refractivity (Wildman–Crippen MR) is 96.6 cm³/mol. The molecule has 5 nitrogen and oxygen atoms in total. The first kappa shape index (κ1) is 19.4. The number of sulfonamides is 1. The maximum absolute atomic E-state index is 11.7. The van der Waals surface area contributed by atoms with Gasteiger partial charge in [-0.25, -0.2) is 12.7 Å². The third-order valence-corrected chi connectivity index (χ3v) is 6.72. The van der Waals surface area contributed by atoms with E-state index >= 15 is 0 Å². The molecule has 7 heteroatoms. The molecule has 3 fully saturated rings. The number of hydrogen-bond donors (Lipinski definition) is 1. The van der Waals surface area contributed by atoms with Crippen LogP contribution in [0.25, 0.3) is 0 Å². The van der Waals surface area contributed by atoms with E-state index in [1.54, 1.807) is 4.31 Å². The molecule has 1 saturated carbocycles. The minimum Gasteiger partial charge on any atom is -0.314 e. The van der Waals surface area contributed by atoms with Gasteiger partial charge < -0.3 is 10.2 Å². The predicted octanol–water partition coefficient (Wildman–Crippen LogP) is 1.54. The fraction of sp³-hybridized carbons (Fsp3) is 1.00. The average molecular weight is 366 g/mol. The zero-order valence-electron chi connectivity index (χ0n) is 14.2. The summed E-state index contributed by atoms with van der Waals surface area (Å²) in [4.78, 5) is 2.55.